The van der Waals surface area contributed by atoms with E-state index in [0.717, 1.165) is 18.6 Å². The summed E-state index contributed by atoms with van der Waals surface area (Å²) in [6.07, 6.45) is 8.29. The van der Waals surface area contributed by atoms with Gasteiger partial charge in [0.2, 0.25) is 0 Å². The van der Waals surface area contributed by atoms with Gasteiger partial charge in [0.1, 0.15) is 11.8 Å². The van der Waals surface area contributed by atoms with E-state index < -0.39 is 0 Å². The molecule has 0 fully saturated rings. The van der Waals surface area contributed by atoms with E-state index in [1.807, 2.05) is 25.4 Å². The molecule has 96 valence electrons. The van der Waals surface area contributed by atoms with E-state index in [9.17, 15) is 0 Å². The van der Waals surface area contributed by atoms with Crippen LogP contribution in [-0.4, -0.2) is 15.6 Å². The lowest BCUT2D eigenvalue weighted by molar-refractivity contribution is 0.381. The second kappa shape index (κ2) is 4.61. The molecule has 1 aliphatic rings. The minimum absolute atomic E-state index is 0.00336. The molecule has 3 rings (SSSR count). The number of nitrogens with two attached hydrogens (primary N) is 1. The van der Waals surface area contributed by atoms with Crippen molar-refractivity contribution in [2.45, 2.75) is 44.7 Å². The summed E-state index contributed by atoms with van der Waals surface area (Å²) in [5, 5.41) is 0. The second-order valence-electron chi connectivity index (χ2n) is 5.07. The summed E-state index contributed by atoms with van der Waals surface area (Å²) < 4.78 is 7.75. The largest absolute Gasteiger partial charge is 0.467 e. The number of nitrogens with zero attached hydrogens (tertiary/aromatic N) is 2. The third kappa shape index (κ3) is 1.86. The zero-order valence-corrected chi connectivity index (χ0v) is 10.7. The fourth-order valence-corrected chi connectivity index (χ4v) is 2.84. The van der Waals surface area contributed by atoms with E-state index >= 15 is 0 Å². The Labute approximate surface area is 107 Å². The van der Waals surface area contributed by atoms with Crippen LogP contribution in [0.25, 0.3) is 0 Å². The van der Waals surface area contributed by atoms with Crippen LogP contribution in [0.3, 0.4) is 0 Å². The van der Waals surface area contributed by atoms with Gasteiger partial charge in [-0.25, -0.2) is 4.98 Å². The Morgan fingerprint density at radius 3 is 2.94 bits per heavy atom. The highest BCUT2D eigenvalue weighted by Crippen LogP contribution is 2.28. The van der Waals surface area contributed by atoms with Crippen LogP contribution in [0.2, 0.25) is 0 Å². The van der Waals surface area contributed by atoms with Gasteiger partial charge in [-0.3, -0.25) is 0 Å². The van der Waals surface area contributed by atoms with Gasteiger partial charge in [0.25, 0.3) is 0 Å². The molecular formula is C14H19N3O. The quantitative estimate of drug-likeness (QED) is 0.902. The zero-order chi connectivity index (χ0) is 12.5. The Morgan fingerprint density at radius 1 is 1.39 bits per heavy atom. The highest BCUT2D eigenvalue weighted by Gasteiger charge is 2.26. The van der Waals surface area contributed by atoms with Crippen molar-refractivity contribution in [3.8, 4) is 0 Å². The maximum Gasteiger partial charge on any atom is 0.128 e. The minimum Gasteiger partial charge on any atom is -0.467 e. The third-order valence-electron chi connectivity index (χ3n) is 3.69. The molecule has 0 amide bonds. The molecule has 0 radical (unpaired) electrons. The monoisotopic (exact) mass is 245 g/mol. The van der Waals surface area contributed by atoms with Gasteiger partial charge in [0.05, 0.1) is 18.3 Å². The van der Waals surface area contributed by atoms with Crippen LogP contribution >= 0.6 is 0 Å². The van der Waals surface area contributed by atoms with E-state index in [2.05, 4.69) is 9.55 Å². The number of furan rings is 1. The van der Waals surface area contributed by atoms with Crippen LogP contribution in [0.1, 0.15) is 43.0 Å². The lowest BCUT2D eigenvalue weighted by Crippen LogP contribution is -2.31. The molecular weight excluding hydrogens is 226 g/mol. The van der Waals surface area contributed by atoms with Crippen molar-refractivity contribution in [2.24, 2.45) is 5.73 Å². The fourth-order valence-electron chi connectivity index (χ4n) is 2.84. The highest BCUT2D eigenvalue weighted by atomic mass is 16.3. The first-order chi connectivity index (χ1) is 8.77. The lowest BCUT2D eigenvalue weighted by Gasteiger charge is -2.24. The summed E-state index contributed by atoms with van der Waals surface area (Å²) >= 11 is 0. The summed E-state index contributed by atoms with van der Waals surface area (Å²) in [6.45, 7) is 2.02. The average molecular weight is 245 g/mol. The molecule has 0 spiro atoms. The Kier molecular flexibility index (Phi) is 2.96. The number of hydrogen-bond acceptors (Lipinski definition) is 3. The third-order valence-corrected chi connectivity index (χ3v) is 3.69. The molecule has 2 N–H and O–H groups in total. The van der Waals surface area contributed by atoms with Gasteiger partial charge in [-0.15, -0.1) is 0 Å². The van der Waals surface area contributed by atoms with Gasteiger partial charge < -0.3 is 14.7 Å². The van der Waals surface area contributed by atoms with Crippen molar-refractivity contribution >= 4 is 0 Å². The summed E-state index contributed by atoms with van der Waals surface area (Å²) in [6, 6.07) is 3.95. The van der Waals surface area contributed by atoms with Crippen LogP contribution in [0.15, 0.2) is 29.1 Å². The van der Waals surface area contributed by atoms with Crippen LogP contribution in [0.4, 0.5) is 0 Å². The molecule has 4 nitrogen and oxygen atoms in total. The molecule has 2 aromatic heterocycles. The summed E-state index contributed by atoms with van der Waals surface area (Å²) in [4.78, 5) is 4.54. The minimum atomic E-state index is -0.00336. The number of hydrogen-bond donors (Lipinski definition) is 1. The summed E-state index contributed by atoms with van der Waals surface area (Å²) in [5.74, 6) is 0.913. The van der Waals surface area contributed by atoms with Crippen LogP contribution in [0, 0.1) is 0 Å². The Balaban J connectivity index is 2.03. The van der Waals surface area contributed by atoms with Gasteiger partial charge >= 0.3 is 0 Å². The predicted molar refractivity (Wildman–Crippen MR) is 69.4 cm³/mol. The van der Waals surface area contributed by atoms with Crippen LogP contribution in [-0.2, 0) is 12.8 Å². The Bertz CT molecular complexity index is 513. The Morgan fingerprint density at radius 2 is 2.22 bits per heavy atom. The SMILES string of the molecule is CC(N)C(c1ccco1)n1cnc2c1CCCC2. The molecule has 2 aromatic rings. The number of aromatic nitrogens is 2. The first-order valence-corrected chi connectivity index (χ1v) is 6.61. The van der Waals surface area contributed by atoms with Crippen molar-refractivity contribution in [3.63, 3.8) is 0 Å². The predicted octanol–water partition coefficient (Wildman–Crippen LogP) is 2.29. The molecule has 4 heteroatoms. The molecule has 2 unspecified atom stereocenters. The van der Waals surface area contributed by atoms with Crippen molar-refractivity contribution in [3.05, 3.63) is 41.9 Å². The number of imidazole rings is 1. The Hall–Kier alpha value is -1.55. The smallest absolute Gasteiger partial charge is 0.128 e. The maximum atomic E-state index is 6.14. The van der Waals surface area contributed by atoms with Gasteiger partial charge in [-0.05, 0) is 44.7 Å². The average Bonchev–Trinajstić information content (AvgIpc) is 3.00. The molecule has 0 bridgehead atoms. The van der Waals surface area contributed by atoms with Crippen molar-refractivity contribution in [1.29, 1.82) is 0 Å². The van der Waals surface area contributed by atoms with Gasteiger partial charge in [-0.2, -0.15) is 0 Å². The second-order valence-corrected chi connectivity index (χ2v) is 5.07. The van der Waals surface area contributed by atoms with Gasteiger partial charge in [-0.1, -0.05) is 0 Å². The van der Waals surface area contributed by atoms with E-state index in [1.54, 1.807) is 6.26 Å². The molecule has 1 aliphatic carbocycles. The molecule has 0 saturated carbocycles. The standard InChI is InChI=1S/C14H19N3O/c1-10(15)14(13-7-4-8-18-13)17-9-16-11-5-2-3-6-12(11)17/h4,7-10,14H,2-3,5-6,15H2,1H3. The topological polar surface area (TPSA) is 57.0 Å². The zero-order valence-electron chi connectivity index (χ0n) is 10.7. The van der Waals surface area contributed by atoms with Crippen LogP contribution in [0.5, 0.6) is 0 Å². The molecule has 0 aromatic carbocycles. The van der Waals surface area contributed by atoms with Crippen molar-refractivity contribution in [1.82, 2.24) is 9.55 Å². The number of fused-ring (bicyclic) bond motifs is 1. The first kappa shape index (κ1) is 11.5. The van der Waals surface area contributed by atoms with E-state index in [-0.39, 0.29) is 12.1 Å². The summed E-state index contributed by atoms with van der Waals surface area (Å²) in [5.41, 5.74) is 8.71. The molecule has 0 saturated heterocycles. The highest BCUT2D eigenvalue weighted by molar-refractivity contribution is 5.21. The van der Waals surface area contributed by atoms with E-state index in [0.29, 0.717) is 0 Å². The maximum absolute atomic E-state index is 6.14. The molecule has 2 atom stereocenters. The van der Waals surface area contributed by atoms with Crippen LogP contribution < -0.4 is 5.73 Å². The van der Waals surface area contributed by atoms with E-state index in [1.165, 1.54) is 24.2 Å². The molecule has 18 heavy (non-hydrogen) atoms. The normalized spacial score (nSPS) is 18.3. The summed E-state index contributed by atoms with van der Waals surface area (Å²) in [7, 11) is 0. The molecule has 2 heterocycles. The lowest BCUT2D eigenvalue weighted by atomic mass is 9.99. The van der Waals surface area contributed by atoms with Gasteiger partial charge in [0, 0.05) is 11.7 Å². The molecule has 0 aliphatic heterocycles. The first-order valence-electron chi connectivity index (χ1n) is 6.61. The number of aryl methyl sites for hydroxylation is 1. The van der Waals surface area contributed by atoms with Crippen molar-refractivity contribution in [2.75, 3.05) is 0 Å². The van der Waals surface area contributed by atoms with Gasteiger partial charge in [0.15, 0.2) is 0 Å². The van der Waals surface area contributed by atoms with Crippen molar-refractivity contribution < 1.29 is 4.42 Å². The fraction of sp³-hybridized carbons (Fsp3) is 0.500. The van der Waals surface area contributed by atoms with E-state index in [4.69, 9.17) is 10.2 Å². The number of rotatable bonds is 3.